The van der Waals surface area contributed by atoms with Gasteiger partial charge in [0.2, 0.25) is 6.61 Å². The lowest BCUT2D eigenvalue weighted by atomic mass is 10.4. The molecule has 0 aliphatic heterocycles. The molecule has 0 radical (unpaired) electrons. The molecule has 0 fully saturated rings. The van der Waals surface area contributed by atoms with Gasteiger partial charge in [-0.15, -0.1) is 0 Å². The molecule has 108 valence electrons. The highest BCUT2D eigenvalue weighted by Gasteiger charge is 2.10. The summed E-state index contributed by atoms with van der Waals surface area (Å²) < 4.78 is 21.9. The number of hydrogen-bond acceptors (Lipinski definition) is 4. The zero-order chi connectivity index (χ0) is 13.8. The summed E-state index contributed by atoms with van der Waals surface area (Å²) in [4.78, 5) is 0. The molecule has 0 spiro atoms. The van der Waals surface area contributed by atoms with Gasteiger partial charge in [-0.05, 0) is 20.8 Å². The largest absolute Gasteiger partial charge is 0.408 e. The third-order valence-electron chi connectivity index (χ3n) is 2.28. The Morgan fingerprint density at radius 2 is 1.39 bits per heavy atom. The van der Waals surface area contributed by atoms with Crippen LogP contribution in [0, 0.1) is 13.0 Å². The molecule has 0 aromatic heterocycles. The van der Waals surface area contributed by atoms with Gasteiger partial charge in [-0.2, -0.15) is 11.7 Å². The van der Waals surface area contributed by atoms with Crippen molar-refractivity contribution in [1.82, 2.24) is 0 Å². The lowest BCUT2D eigenvalue weighted by Crippen LogP contribution is -2.26. The van der Waals surface area contributed by atoms with Crippen molar-refractivity contribution in [3.05, 3.63) is 13.0 Å². The van der Waals surface area contributed by atoms with E-state index in [1.807, 2.05) is 41.0 Å². The minimum atomic E-state index is 0.0645. The second kappa shape index (κ2) is 11.8. The van der Waals surface area contributed by atoms with Crippen LogP contribution < -0.4 is 0 Å². The summed E-state index contributed by atoms with van der Waals surface area (Å²) in [5, 5.41) is 0. The monoisotopic (exact) mass is 260 g/mol. The Labute approximate surface area is 112 Å². The Bertz CT molecular complexity index is 157. The molecule has 0 heterocycles. The van der Waals surface area contributed by atoms with Crippen LogP contribution >= 0.6 is 0 Å². The lowest BCUT2D eigenvalue weighted by Gasteiger charge is -2.20. The van der Waals surface area contributed by atoms with Gasteiger partial charge < -0.3 is 20.6 Å². The van der Waals surface area contributed by atoms with Gasteiger partial charge >= 0.3 is 0 Å². The van der Waals surface area contributed by atoms with Crippen LogP contribution in [-0.2, 0) is 18.9 Å². The van der Waals surface area contributed by atoms with Gasteiger partial charge in [0, 0.05) is 0 Å². The van der Waals surface area contributed by atoms with Crippen LogP contribution in [0.3, 0.4) is 0 Å². The first-order valence-electron chi connectivity index (χ1n) is 6.62. The highest BCUT2D eigenvalue weighted by Crippen LogP contribution is 2.01. The maximum absolute atomic E-state index is 5.64. The molecule has 0 aliphatic rings. The van der Waals surface area contributed by atoms with Gasteiger partial charge in [-0.1, -0.05) is 6.61 Å². The smallest absolute Gasteiger partial charge is 0.224 e. The molecule has 3 atom stereocenters. The van der Waals surface area contributed by atoms with Crippen LogP contribution in [0.1, 0.15) is 34.6 Å². The predicted octanol–water partition coefficient (Wildman–Crippen LogP) is 2.62. The predicted molar refractivity (Wildman–Crippen MR) is 72.1 cm³/mol. The van der Waals surface area contributed by atoms with E-state index in [4.69, 9.17) is 18.9 Å². The van der Waals surface area contributed by atoms with Gasteiger partial charge in [-0.25, -0.2) is 0 Å². The minimum absolute atomic E-state index is 0.0645. The van der Waals surface area contributed by atoms with E-state index in [1.165, 1.54) is 0 Å². The Morgan fingerprint density at radius 3 is 1.89 bits per heavy atom. The van der Waals surface area contributed by atoms with E-state index in [0.29, 0.717) is 26.4 Å². The highest BCUT2D eigenvalue weighted by molar-refractivity contribution is 4.58. The third-order valence-corrected chi connectivity index (χ3v) is 2.28. The Hall–Kier alpha value is -0.290. The number of ether oxygens (including phenoxy) is 4. The molecule has 0 rings (SSSR count). The third kappa shape index (κ3) is 10.8. The fourth-order valence-corrected chi connectivity index (χ4v) is 1.24. The van der Waals surface area contributed by atoms with Crippen molar-refractivity contribution in [2.24, 2.45) is 0 Å². The van der Waals surface area contributed by atoms with Crippen molar-refractivity contribution >= 4 is 0 Å². The zero-order valence-electron chi connectivity index (χ0n) is 12.3. The molecule has 0 aromatic rings. The fourth-order valence-electron chi connectivity index (χ4n) is 1.24. The lowest BCUT2D eigenvalue weighted by molar-refractivity contribution is -0.0744. The topological polar surface area (TPSA) is 36.9 Å². The van der Waals surface area contributed by atoms with Gasteiger partial charge in [0.05, 0.1) is 31.5 Å². The Kier molecular flexibility index (Phi) is 11.6. The van der Waals surface area contributed by atoms with E-state index < -0.39 is 0 Å². The van der Waals surface area contributed by atoms with E-state index in [-0.39, 0.29) is 18.3 Å². The minimum Gasteiger partial charge on any atom is -0.408 e. The summed E-state index contributed by atoms with van der Waals surface area (Å²) in [7, 11) is 0. The van der Waals surface area contributed by atoms with Crippen molar-refractivity contribution < 1.29 is 18.9 Å². The molecule has 0 amide bonds. The zero-order valence-corrected chi connectivity index (χ0v) is 12.3. The van der Waals surface area contributed by atoms with E-state index in [2.05, 4.69) is 0 Å². The van der Waals surface area contributed by atoms with Crippen molar-refractivity contribution in [1.29, 1.82) is 0 Å². The van der Waals surface area contributed by atoms with E-state index in [9.17, 15) is 0 Å². The first kappa shape index (κ1) is 17.7. The van der Waals surface area contributed by atoms with Crippen LogP contribution in [0.25, 0.3) is 0 Å². The number of hydrogen-bond donors (Lipinski definition) is 0. The second-order valence-electron chi connectivity index (χ2n) is 4.41. The summed E-state index contributed by atoms with van der Waals surface area (Å²) >= 11 is 0. The molecule has 0 bridgehead atoms. The van der Waals surface area contributed by atoms with Crippen molar-refractivity contribution in [3.8, 4) is 0 Å². The average molecular weight is 260 g/mol. The molecule has 4 heteroatoms. The van der Waals surface area contributed by atoms with Gasteiger partial charge in [-0.3, -0.25) is 0 Å². The molecule has 0 aromatic carbocycles. The molecule has 4 nitrogen and oxygen atoms in total. The Morgan fingerprint density at radius 1 is 0.889 bits per heavy atom. The number of rotatable bonds is 12. The van der Waals surface area contributed by atoms with Crippen LogP contribution in [0.15, 0.2) is 0 Å². The molecule has 0 aliphatic carbocycles. The molecule has 0 N–H and O–H groups in total. The van der Waals surface area contributed by atoms with E-state index in [1.54, 1.807) is 6.61 Å². The maximum atomic E-state index is 5.64. The quantitative estimate of drug-likeness (QED) is 0.505. The standard InChI is InChI=1S/C14H28O4/c1-6-8-16-13(4)10-18-14(5)11-17-12(3)9-15-7-2/h6-7,12-14H,8-11H2,1-5H3/t12-,13+,14-/m1/s1. The van der Waals surface area contributed by atoms with Gasteiger partial charge in [0.15, 0.2) is 0 Å². The van der Waals surface area contributed by atoms with Crippen molar-refractivity contribution in [2.45, 2.75) is 52.9 Å². The van der Waals surface area contributed by atoms with Gasteiger partial charge in [0.1, 0.15) is 13.5 Å². The molecule has 0 unspecified atom stereocenters. The van der Waals surface area contributed by atoms with Gasteiger partial charge in [0.25, 0.3) is 0 Å². The molecule has 0 saturated heterocycles. The fraction of sp³-hybridized carbons (Fsp3) is 0.857. The normalized spacial score (nSPS) is 16.3. The first-order chi connectivity index (χ1) is 8.60. The summed E-state index contributed by atoms with van der Waals surface area (Å²) in [6.45, 7) is 13.9. The molecular formula is C14H28O4. The van der Waals surface area contributed by atoms with Crippen LogP contribution in [0.5, 0.6) is 0 Å². The molecule has 18 heavy (non-hydrogen) atoms. The molecular weight excluding hydrogens is 232 g/mol. The van der Waals surface area contributed by atoms with Crippen molar-refractivity contribution in [2.75, 3.05) is 26.4 Å². The summed E-state index contributed by atoms with van der Waals surface area (Å²) in [5.74, 6) is 0. The maximum Gasteiger partial charge on any atom is 0.224 e. The van der Waals surface area contributed by atoms with Crippen molar-refractivity contribution in [3.63, 3.8) is 0 Å². The highest BCUT2D eigenvalue weighted by atomic mass is 16.6. The van der Waals surface area contributed by atoms with Crippen LogP contribution in [0.2, 0.25) is 0 Å². The van der Waals surface area contributed by atoms with Crippen LogP contribution in [0.4, 0.5) is 0 Å². The SMILES string of the molecule is C[CH+]OC[C@@H](C)OC[C@@H](C)OC[C@H](C)OC[CH-]C. The summed E-state index contributed by atoms with van der Waals surface area (Å²) in [6, 6.07) is 0. The summed E-state index contributed by atoms with van der Waals surface area (Å²) in [5.41, 5.74) is 0. The van der Waals surface area contributed by atoms with E-state index >= 15 is 0 Å². The Balaban J connectivity index is 3.49. The van der Waals surface area contributed by atoms with Crippen LogP contribution in [-0.4, -0.2) is 44.7 Å². The summed E-state index contributed by atoms with van der Waals surface area (Å²) in [6.07, 6.45) is 2.24. The average Bonchev–Trinajstić information content (AvgIpc) is 2.37. The van der Waals surface area contributed by atoms with E-state index in [0.717, 1.165) is 0 Å². The second-order valence-corrected chi connectivity index (χ2v) is 4.41. The first-order valence-corrected chi connectivity index (χ1v) is 6.62. The molecule has 0 saturated carbocycles.